The molecule has 0 saturated heterocycles. The summed E-state index contributed by atoms with van der Waals surface area (Å²) in [5.74, 6) is 0.718. The first-order valence-corrected chi connectivity index (χ1v) is 13.9. The first-order chi connectivity index (χ1) is 18.3. The molecule has 0 spiro atoms. The van der Waals surface area contributed by atoms with Gasteiger partial charge in [-0.1, -0.05) is 84.6 Å². The standard InChI is InChI=1S/C32H17N3S2/c1-2-8-19(9-3-1)29-31-30(20-11-4-5-13-23(20)37-31)34-32(33-29)35-21-12-7-15-25-27(21)28-22(35)17-16-18-10-6-14-24(36-25)26(18)28/h1-17H. The first kappa shape index (κ1) is 19.9. The molecule has 0 bridgehead atoms. The first-order valence-electron chi connectivity index (χ1n) is 12.3. The Labute approximate surface area is 220 Å². The van der Waals surface area contributed by atoms with Crippen molar-refractivity contribution in [1.82, 2.24) is 14.5 Å². The van der Waals surface area contributed by atoms with Crippen LogP contribution >= 0.6 is 23.1 Å². The van der Waals surface area contributed by atoms with Crippen LogP contribution in [0, 0.1) is 0 Å². The van der Waals surface area contributed by atoms with Crippen molar-refractivity contribution in [2.24, 2.45) is 0 Å². The fourth-order valence-corrected chi connectivity index (χ4v) is 8.15. The predicted molar refractivity (Wildman–Crippen MR) is 156 cm³/mol. The maximum absolute atomic E-state index is 5.29. The summed E-state index contributed by atoms with van der Waals surface area (Å²) in [4.78, 5) is 13.2. The predicted octanol–water partition coefficient (Wildman–Crippen LogP) is 9.23. The molecule has 0 fully saturated rings. The molecule has 9 rings (SSSR count). The maximum Gasteiger partial charge on any atom is 0.235 e. The number of hydrogen-bond acceptors (Lipinski definition) is 4. The van der Waals surface area contributed by atoms with Crippen molar-refractivity contribution in [2.75, 3.05) is 0 Å². The fourth-order valence-electron chi connectivity index (χ4n) is 5.84. The van der Waals surface area contributed by atoms with E-state index >= 15 is 0 Å². The Morgan fingerprint density at radius 2 is 1.38 bits per heavy atom. The number of rotatable bonds is 2. The number of benzene rings is 5. The van der Waals surface area contributed by atoms with Crippen molar-refractivity contribution in [3.8, 4) is 17.2 Å². The van der Waals surface area contributed by atoms with Gasteiger partial charge in [-0.2, -0.15) is 0 Å². The lowest BCUT2D eigenvalue weighted by Gasteiger charge is -2.14. The summed E-state index contributed by atoms with van der Waals surface area (Å²) in [5.41, 5.74) is 5.41. The molecule has 0 amide bonds. The van der Waals surface area contributed by atoms with Gasteiger partial charge >= 0.3 is 0 Å². The van der Waals surface area contributed by atoms with Crippen molar-refractivity contribution in [1.29, 1.82) is 0 Å². The normalized spacial score (nSPS) is 12.8. The van der Waals surface area contributed by atoms with Crippen molar-refractivity contribution in [3.63, 3.8) is 0 Å². The molecule has 8 aromatic rings. The van der Waals surface area contributed by atoms with Crippen LogP contribution in [0.2, 0.25) is 0 Å². The molecule has 0 atom stereocenters. The van der Waals surface area contributed by atoms with Gasteiger partial charge in [0.2, 0.25) is 5.95 Å². The smallest absolute Gasteiger partial charge is 0.235 e. The van der Waals surface area contributed by atoms with Crippen LogP contribution in [0.25, 0.3) is 70.1 Å². The maximum atomic E-state index is 5.29. The number of aromatic nitrogens is 3. The highest BCUT2D eigenvalue weighted by Crippen LogP contribution is 2.50. The zero-order valence-corrected chi connectivity index (χ0v) is 21.1. The van der Waals surface area contributed by atoms with E-state index in [1.807, 2.05) is 11.8 Å². The van der Waals surface area contributed by atoms with Crippen molar-refractivity contribution < 1.29 is 0 Å². The zero-order chi connectivity index (χ0) is 24.1. The van der Waals surface area contributed by atoms with E-state index in [1.165, 1.54) is 41.4 Å². The molecule has 0 saturated carbocycles. The van der Waals surface area contributed by atoms with E-state index in [0.29, 0.717) is 0 Å². The second-order valence-corrected chi connectivity index (χ2v) is 11.6. The molecule has 5 heteroatoms. The van der Waals surface area contributed by atoms with Gasteiger partial charge in [-0.05, 0) is 35.7 Å². The van der Waals surface area contributed by atoms with Crippen LogP contribution in [0.15, 0.2) is 113 Å². The quantitative estimate of drug-likeness (QED) is 0.234. The van der Waals surface area contributed by atoms with E-state index in [1.54, 1.807) is 11.3 Å². The molecule has 0 N–H and O–H groups in total. The highest BCUT2D eigenvalue weighted by molar-refractivity contribution is 8.00. The largest absolute Gasteiger partial charge is 0.278 e. The highest BCUT2D eigenvalue weighted by Gasteiger charge is 2.25. The molecule has 1 aliphatic rings. The summed E-state index contributed by atoms with van der Waals surface area (Å²) in [6.07, 6.45) is 0. The number of nitrogens with zero attached hydrogens (tertiary/aromatic N) is 3. The molecule has 0 radical (unpaired) electrons. The molecule has 3 aromatic heterocycles. The third-order valence-corrected chi connectivity index (χ3v) is 9.68. The molecule has 172 valence electrons. The summed E-state index contributed by atoms with van der Waals surface area (Å²) in [5, 5.41) is 6.39. The SMILES string of the molecule is c1ccc(-c2nc(-n3c4cccc5c4c4c6c(cccc6ccc43)S5)nc3c2sc2ccccc23)cc1. The van der Waals surface area contributed by atoms with Crippen LogP contribution in [0.3, 0.4) is 0 Å². The molecule has 3 nitrogen and oxygen atoms in total. The molecule has 0 aliphatic carbocycles. The van der Waals surface area contributed by atoms with Crippen molar-refractivity contribution >= 4 is 76.0 Å². The topological polar surface area (TPSA) is 30.7 Å². The number of hydrogen-bond donors (Lipinski definition) is 0. The van der Waals surface area contributed by atoms with Crippen LogP contribution in [0.1, 0.15) is 0 Å². The van der Waals surface area contributed by atoms with Gasteiger partial charge < -0.3 is 0 Å². The average molecular weight is 508 g/mol. The Morgan fingerprint density at radius 1 is 0.595 bits per heavy atom. The zero-order valence-electron chi connectivity index (χ0n) is 19.5. The summed E-state index contributed by atoms with van der Waals surface area (Å²) >= 11 is 3.63. The fraction of sp³-hybridized carbons (Fsp3) is 0. The van der Waals surface area contributed by atoms with Gasteiger partial charge in [-0.15, -0.1) is 11.3 Å². The van der Waals surface area contributed by atoms with Crippen LogP contribution in [-0.4, -0.2) is 14.5 Å². The lowest BCUT2D eigenvalue weighted by molar-refractivity contribution is 1.02. The molecule has 0 unspecified atom stereocenters. The van der Waals surface area contributed by atoms with Crippen molar-refractivity contribution in [2.45, 2.75) is 9.79 Å². The Kier molecular flexibility index (Phi) is 3.87. The minimum absolute atomic E-state index is 0.718. The number of thiophene rings is 1. The number of fused-ring (bicyclic) bond motifs is 3. The molecule has 1 aliphatic heterocycles. The van der Waals surface area contributed by atoms with Gasteiger partial charge in [0.1, 0.15) is 0 Å². The van der Waals surface area contributed by atoms with Crippen LogP contribution in [0.5, 0.6) is 0 Å². The minimum atomic E-state index is 0.718. The third kappa shape index (κ3) is 2.62. The Balaban J connectivity index is 1.48. The summed E-state index contributed by atoms with van der Waals surface area (Å²) in [6, 6.07) is 36.7. The lowest BCUT2D eigenvalue weighted by atomic mass is 10.0. The van der Waals surface area contributed by atoms with Gasteiger partial charge in [0, 0.05) is 41.6 Å². The van der Waals surface area contributed by atoms with Crippen molar-refractivity contribution in [3.05, 3.63) is 103 Å². The van der Waals surface area contributed by atoms with E-state index in [4.69, 9.17) is 9.97 Å². The average Bonchev–Trinajstić information content (AvgIpc) is 3.50. The monoisotopic (exact) mass is 507 g/mol. The summed E-state index contributed by atoms with van der Waals surface area (Å²) < 4.78 is 4.63. The van der Waals surface area contributed by atoms with Crippen LogP contribution in [0.4, 0.5) is 0 Å². The summed E-state index contributed by atoms with van der Waals surface area (Å²) in [6.45, 7) is 0. The minimum Gasteiger partial charge on any atom is -0.278 e. The lowest BCUT2D eigenvalue weighted by Crippen LogP contribution is -2.02. The Hall–Kier alpha value is -4.19. The van der Waals surface area contributed by atoms with Gasteiger partial charge in [-0.25, -0.2) is 9.97 Å². The molecule has 37 heavy (non-hydrogen) atoms. The second kappa shape index (κ2) is 7.19. The Morgan fingerprint density at radius 3 is 2.30 bits per heavy atom. The van der Waals surface area contributed by atoms with E-state index < -0.39 is 0 Å². The third-order valence-electron chi connectivity index (χ3n) is 7.40. The van der Waals surface area contributed by atoms with Crippen LogP contribution < -0.4 is 0 Å². The van der Waals surface area contributed by atoms with Gasteiger partial charge in [0.05, 0.1) is 26.9 Å². The van der Waals surface area contributed by atoms with E-state index in [9.17, 15) is 0 Å². The second-order valence-electron chi connectivity index (χ2n) is 9.42. The van der Waals surface area contributed by atoms with E-state index in [0.717, 1.165) is 38.5 Å². The van der Waals surface area contributed by atoms with E-state index in [-0.39, 0.29) is 0 Å². The van der Waals surface area contributed by atoms with Gasteiger partial charge in [-0.3, -0.25) is 4.57 Å². The Bertz CT molecular complexity index is 2230. The molecular weight excluding hydrogens is 491 g/mol. The molecule has 4 heterocycles. The van der Waals surface area contributed by atoms with Gasteiger partial charge in [0.15, 0.2) is 0 Å². The van der Waals surface area contributed by atoms with Gasteiger partial charge in [0.25, 0.3) is 0 Å². The van der Waals surface area contributed by atoms with E-state index in [2.05, 4.69) is 108 Å². The highest BCUT2D eigenvalue weighted by atomic mass is 32.2. The van der Waals surface area contributed by atoms with Crippen LogP contribution in [-0.2, 0) is 0 Å². The molecular formula is C32H17N3S2. The molecule has 5 aromatic carbocycles. The summed E-state index contributed by atoms with van der Waals surface area (Å²) in [7, 11) is 0.